The minimum absolute atomic E-state index is 0.0276. The first kappa shape index (κ1) is 15.9. The molecular formula is C17H20N6O. The van der Waals surface area contributed by atoms with Gasteiger partial charge in [0.05, 0.1) is 6.42 Å². The molecule has 0 atom stereocenters. The molecular weight excluding hydrogens is 304 g/mol. The molecule has 24 heavy (non-hydrogen) atoms. The number of aromatic nitrogens is 5. The summed E-state index contributed by atoms with van der Waals surface area (Å²) in [6, 6.07) is 12.1. The topological polar surface area (TPSA) is 91.6 Å². The van der Waals surface area contributed by atoms with Crippen LogP contribution in [0, 0.1) is 0 Å². The largest absolute Gasteiger partial charge is 0.369 e. The highest BCUT2D eigenvalue weighted by Crippen LogP contribution is 2.16. The maximum absolute atomic E-state index is 11.2. The summed E-state index contributed by atoms with van der Waals surface area (Å²) in [5.41, 5.74) is 7.23. The van der Waals surface area contributed by atoms with Crippen molar-refractivity contribution in [2.75, 3.05) is 0 Å². The van der Waals surface area contributed by atoms with Crippen molar-refractivity contribution in [3.63, 3.8) is 0 Å². The van der Waals surface area contributed by atoms with E-state index in [2.05, 4.69) is 27.3 Å². The van der Waals surface area contributed by atoms with Crippen LogP contribution in [-0.2, 0) is 30.7 Å². The van der Waals surface area contributed by atoms with Gasteiger partial charge in [0.2, 0.25) is 5.91 Å². The van der Waals surface area contributed by atoms with E-state index in [0.717, 1.165) is 18.7 Å². The highest BCUT2D eigenvalue weighted by Gasteiger charge is 2.15. The van der Waals surface area contributed by atoms with Gasteiger partial charge >= 0.3 is 0 Å². The standard InChI is InChI=1S/C17H20N6O/c1-2-22-10-9-14(20-22)17-19-16(12-15(18)24)21-23(17)11-8-13-6-4-3-5-7-13/h3-7,9-10H,2,8,11-12H2,1H3,(H2,18,24). The van der Waals surface area contributed by atoms with E-state index in [9.17, 15) is 4.79 Å². The summed E-state index contributed by atoms with van der Waals surface area (Å²) in [4.78, 5) is 15.6. The van der Waals surface area contributed by atoms with E-state index in [0.29, 0.717) is 18.2 Å². The zero-order valence-electron chi connectivity index (χ0n) is 13.6. The lowest BCUT2D eigenvalue weighted by molar-refractivity contribution is -0.117. The van der Waals surface area contributed by atoms with Gasteiger partial charge in [0.1, 0.15) is 5.69 Å². The van der Waals surface area contributed by atoms with Crippen molar-refractivity contribution in [2.45, 2.75) is 32.9 Å². The van der Waals surface area contributed by atoms with Crippen LogP contribution in [-0.4, -0.2) is 30.5 Å². The van der Waals surface area contributed by atoms with Gasteiger partial charge in [0.25, 0.3) is 0 Å². The number of amides is 1. The number of benzene rings is 1. The molecule has 0 spiro atoms. The molecule has 7 heteroatoms. The summed E-state index contributed by atoms with van der Waals surface area (Å²) in [6.45, 7) is 3.46. The van der Waals surface area contributed by atoms with Crippen LogP contribution in [0.3, 0.4) is 0 Å². The monoisotopic (exact) mass is 324 g/mol. The van der Waals surface area contributed by atoms with E-state index >= 15 is 0 Å². The van der Waals surface area contributed by atoms with Gasteiger partial charge in [0, 0.05) is 19.3 Å². The summed E-state index contributed by atoms with van der Waals surface area (Å²) in [5.74, 6) is 0.645. The first-order valence-electron chi connectivity index (χ1n) is 7.95. The Labute approximate surface area is 140 Å². The van der Waals surface area contributed by atoms with Gasteiger partial charge in [-0.1, -0.05) is 30.3 Å². The molecule has 2 aromatic heterocycles. The lowest BCUT2D eigenvalue weighted by Crippen LogP contribution is -2.15. The molecule has 3 rings (SSSR count). The Kier molecular flexibility index (Phi) is 4.69. The molecule has 0 aliphatic carbocycles. The minimum Gasteiger partial charge on any atom is -0.369 e. The average Bonchev–Trinajstić information content (AvgIpc) is 3.19. The van der Waals surface area contributed by atoms with Crippen LogP contribution in [0.5, 0.6) is 0 Å². The second-order valence-corrected chi connectivity index (χ2v) is 5.51. The molecule has 0 saturated carbocycles. The molecule has 2 heterocycles. The summed E-state index contributed by atoms with van der Waals surface area (Å²) in [7, 11) is 0. The van der Waals surface area contributed by atoms with E-state index in [1.54, 1.807) is 4.68 Å². The number of nitrogens with zero attached hydrogens (tertiary/aromatic N) is 5. The predicted molar refractivity (Wildman–Crippen MR) is 90.0 cm³/mol. The quantitative estimate of drug-likeness (QED) is 0.711. The second kappa shape index (κ2) is 7.08. The minimum atomic E-state index is -0.444. The van der Waals surface area contributed by atoms with Gasteiger partial charge in [-0.15, -0.1) is 0 Å². The summed E-state index contributed by atoms with van der Waals surface area (Å²) < 4.78 is 3.63. The molecule has 2 N–H and O–H groups in total. The fraction of sp³-hybridized carbons (Fsp3) is 0.294. The number of carbonyl (C=O) groups is 1. The van der Waals surface area contributed by atoms with Crippen LogP contribution in [0.25, 0.3) is 11.5 Å². The van der Waals surface area contributed by atoms with E-state index in [1.165, 1.54) is 5.56 Å². The maximum Gasteiger partial charge on any atom is 0.225 e. The van der Waals surface area contributed by atoms with Crippen LogP contribution < -0.4 is 5.73 Å². The molecule has 0 fully saturated rings. The number of primary amides is 1. The molecule has 3 aromatic rings. The van der Waals surface area contributed by atoms with Gasteiger partial charge < -0.3 is 5.73 Å². The Morgan fingerprint density at radius 1 is 1.17 bits per heavy atom. The van der Waals surface area contributed by atoms with Crippen molar-refractivity contribution in [1.82, 2.24) is 24.5 Å². The van der Waals surface area contributed by atoms with Crippen LogP contribution in [0.15, 0.2) is 42.6 Å². The molecule has 0 saturated heterocycles. The van der Waals surface area contributed by atoms with Crippen molar-refractivity contribution in [3.05, 3.63) is 54.0 Å². The normalized spacial score (nSPS) is 10.9. The molecule has 1 amide bonds. The van der Waals surface area contributed by atoms with Gasteiger partial charge in [-0.3, -0.25) is 9.48 Å². The average molecular weight is 324 g/mol. The Bertz CT molecular complexity index is 821. The van der Waals surface area contributed by atoms with Crippen molar-refractivity contribution in [1.29, 1.82) is 0 Å². The smallest absolute Gasteiger partial charge is 0.225 e. The molecule has 0 radical (unpaired) electrons. The van der Waals surface area contributed by atoms with Crippen LogP contribution >= 0.6 is 0 Å². The number of hydrogen-bond acceptors (Lipinski definition) is 4. The van der Waals surface area contributed by atoms with Crippen LogP contribution in [0.4, 0.5) is 0 Å². The Balaban J connectivity index is 1.87. The fourth-order valence-electron chi connectivity index (χ4n) is 2.50. The third-order valence-corrected chi connectivity index (χ3v) is 3.70. The molecule has 1 aromatic carbocycles. The zero-order valence-corrected chi connectivity index (χ0v) is 13.6. The van der Waals surface area contributed by atoms with Crippen molar-refractivity contribution >= 4 is 5.91 Å². The number of carbonyl (C=O) groups excluding carboxylic acids is 1. The number of nitrogens with two attached hydrogens (primary N) is 1. The first-order chi connectivity index (χ1) is 11.7. The molecule has 7 nitrogen and oxygen atoms in total. The van der Waals surface area contributed by atoms with Gasteiger partial charge in [-0.2, -0.15) is 10.2 Å². The van der Waals surface area contributed by atoms with Crippen LogP contribution in [0.1, 0.15) is 18.3 Å². The third kappa shape index (κ3) is 3.68. The molecule has 0 bridgehead atoms. The number of hydrogen-bond donors (Lipinski definition) is 1. The predicted octanol–water partition coefficient (Wildman–Crippen LogP) is 1.43. The zero-order chi connectivity index (χ0) is 16.9. The maximum atomic E-state index is 11.2. The Morgan fingerprint density at radius 2 is 1.96 bits per heavy atom. The lowest BCUT2D eigenvalue weighted by Gasteiger charge is -2.04. The molecule has 0 unspecified atom stereocenters. The Hall–Kier alpha value is -2.96. The highest BCUT2D eigenvalue weighted by atomic mass is 16.1. The number of rotatable bonds is 7. The van der Waals surface area contributed by atoms with Crippen molar-refractivity contribution < 1.29 is 4.79 Å². The van der Waals surface area contributed by atoms with E-state index in [4.69, 9.17) is 5.73 Å². The summed E-state index contributed by atoms with van der Waals surface area (Å²) in [5, 5.41) is 8.92. The van der Waals surface area contributed by atoms with Gasteiger partial charge in [-0.25, -0.2) is 9.67 Å². The van der Waals surface area contributed by atoms with Gasteiger partial charge in [-0.05, 0) is 25.0 Å². The number of aryl methyl sites for hydroxylation is 3. The SMILES string of the molecule is CCn1ccc(-c2nc(CC(N)=O)nn2CCc2ccccc2)n1. The summed E-state index contributed by atoms with van der Waals surface area (Å²) >= 11 is 0. The van der Waals surface area contributed by atoms with Crippen molar-refractivity contribution in [2.24, 2.45) is 5.73 Å². The molecule has 0 aliphatic rings. The third-order valence-electron chi connectivity index (χ3n) is 3.70. The van der Waals surface area contributed by atoms with Crippen molar-refractivity contribution in [3.8, 4) is 11.5 Å². The van der Waals surface area contributed by atoms with Gasteiger partial charge in [0.15, 0.2) is 11.6 Å². The first-order valence-corrected chi connectivity index (χ1v) is 7.95. The fourth-order valence-corrected chi connectivity index (χ4v) is 2.50. The van der Waals surface area contributed by atoms with E-state index in [1.807, 2.05) is 42.1 Å². The summed E-state index contributed by atoms with van der Waals surface area (Å²) in [6.07, 6.45) is 2.75. The molecule has 124 valence electrons. The molecule has 0 aliphatic heterocycles. The highest BCUT2D eigenvalue weighted by molar-refractivity contribution is 5.75. The lowest BCUT2D eigenvalue weighted by atomic mass is 10.1. The van der Waals surface area contributed by atoms with E-state index in [-0.39, 0.29) is 6.42 Å². The van der Waals surface area contributed by atoms with E-state index < -0.39 is 5.91 Å². The van der Waals surface area contributed by atoms with Crippen LogP contribution in [0.2, 0.25) is 0 Å². The Morgan fingerprint density at radius 3 is 2.62 bits per heavy atom. The second-order valence-electron chi connectivity index (χ2n) is 5.51.